The summed E-state index contributed by atoms with van der Waals surface area (Å²) in [5.41, 5.74) is 3.02. The minimum Gasteiger partial charge on any atom is -0.306 e. The van der Waals surface area contributed by atoms with Gasteiger partial charge in [-0.3, -0.25) is 4.79 Å². The van der Waals surface area contributed by atoms with Gasteiger partial charge in [-0.2, -0.15) is 14.9 Å². The largest absolute Gasteiger partial charge is 0.306 e. The van der Waals surface area contributed by atoms with Crippen LogP contribution in [0.5, 0.6) is 0 Å². The van der Waals surface area contributed by atoms with Crippen LogP contribution in [0.15, 0.2) is 49.1 Å². The zero-order chi connectivity index (χ0) is 25.4. The van der Waals surface area contributed by atoms with Crippen LogP contribution in [-0.2, 0) is 0 Å². The molecule has 5 heterocycles. The third kappa shape index (κ3) is 4.87. The molecule has 1 saturated carbocycles. The number of amides is 1. The Morgan fingerprint density at radius 1 is 1.08 bits per heavy atom. The summed E-state index contributed by atoms with van der Waals surface area (Å²) in [6.45, 7) is 6.61. The van der Waals surface area contributed by atoms with Gasteiger partial charge in [-0.25, -0.2) is 14.5 Å². The Kier molecular flexibility index (Phi) is 6.46. The molecular formula is C28H34N8O. The van der Waals surface area contributed by atoms with E-state index in [1.807, 2.05) is 31.3 Å². The molecule has 2 aliphatic rings. The fourth-order valence-electron chi connectivity index (χ4n) is 5.91. The summed E-state index contributed by atoms with van der Waals surface area (Å²) in [6, 6.07) is 8.47. The van der Waals surface area contributed by atoms with Crippen molar-refractivity contribution in [2.24, 2.45) is 5.92 Å². The molecular weight excluding hydrogens is 464 g/mol. The predicted molar refractivity (Wildman–Crippen MR) is 142 cm³/mol. The number of carbonyl (C=O) groups is 1. The van der Waals surface area contributed by atoms with Crippen molar-refractivity contribution in [3.63, 3.8) is 0 Å². The highest BCUT2D eigenvalue weighted by atomic mass is 16.1. The van der Waals surface area contributed by atoms with Crippen LogP contribution < -0.4 is 5.32 Å². The second-order valence-electron chi connectivity index (χ2n) is 10.7. The van der Waals surface area contributed by atoms with Crippen molar-refractivity contribution in [2.45, 2.75) is 64.3 Å². The minimum atomic E-state index is -0.269. The van der Waals surface area contributed by atoms with Crippen LogP contribution in [0.3, 0.4) is 0 Å². The van der Waals surface area contributed by atoms with E-state index in [1.54, 1.807) is 33.9 Å². The van der Waals surface area contributed by atoms with Crippen LogP contribution in [0.1, 0.15) is 73.0 Å². The molecule has 9 nitrogen and oxygen atoms in total. The normalized spacial score (nSPS) is 21.4. The first-order valence-corrected chi connectivity index (χ1v) is 13.4. The van der Waals surface area contributed by atoms with Crippen LogP contribution in [0, 0.1) is 12.8 Å². The van der Waals surface area contributed by atoms with Gasteiger partial charge >= 0.3 is 0 Å². The molecule has 1 saturated heterocycles. The van der Waals surface area contributed by atoms with Crippen LogP contribution >= 0.6 is 0 Å². The summed E-state index contributed by atoms with van der Waals surface area (Å²) < 4.78 is 3.35. The topological polar surface area (TPSA) is 93.2 Å². The molecule has 4 aromatic heterocycles. The van der Waals surface area contributed by atoms with Gasteiger partial charge in [0.05, 0.1) is 11.9 Å². The zero-order valence-electron chi connectivity index (χ0n) is 21.5. The number of nitrogens with zero attached hydrogens (tertiary/aromatic N) is 7. The molecule has 37 heavy (non-hydrogen) atoms. The smallest absolute Gasteiger partial charge is 0.262 e. The number of nitrogens with one attached hydrogen (secondary N) is 1. The molecule has 2 unspecified atom stereocenters. The third-order valence-corrected chi connectivity index (χ3v) is 7.98. The van der Waals surface area contributed by atoms with E-state index < -0.39 is 0 Å². The fraction of sp³-hybridized carbons (Fsp3) is 0.464. The molecule has 6 rings (SSSR count). The van der Waals surface area contributed by atoms with E-state index in [0.717, 1.165) is 49.1 Å². The summed E-state index contributed by atoms with van der Waals surface area (Å²) >= 11 is 0. The summed E-state index contributed by atoms with van der Waals surface area (Å²) in [6.07, 6.45) is 14.3. The fourth-order valence-corrected chi connectivity index (χ4v) is 5.91. The average molecular weight is 499 g/mol. The van der Waals surface area contributed by atoms with E-state index in [-0.39, 0.29) is 5.91 Å². The van der Waals surface area contributed by atoms with E-state index in [1.165, 1.54) is 25.7 Å². The molecule has 0 spiro atoms. The number of carbonyl (C=O) groups excluding carboxylic acids is 1. The maximum Gasteiger partial charge on any atom is 0.262 e. The Morgan fingerprint density at radius 2 is 1.95 bits per heavy atom. The highest BCUT2D eigenvalue weighted by Gasteiger charge is 2.30. The number of fused-ring (bicyclic) bond motifs is 1. The van der Waals surface area contributed by atoms with Gasteiger partial charge in [-0.1, -0.05) is 25.8 Å². The zero-order valence-corrected chi connectivity index (χ0v) is 21.5. The first kappa shape index (κ1) is 23.8. The van der Waals surface area contributed by atoms with E-state index >= 15 is 0 Å². The molecule has 0 radical (unpaired) electrons. The number of aromatic nitrogens is 6. The van der Waals surface area contributed by atoms with Crippen molar-refractivity contribution >= 4 is 17.4 Å². The van der Waals surface area contributed by atoms with Crippen molar-refractivity contribution in [1.29, 1.82) is 0 Å². The number of likely N-dealkylation sites (tertiary alicyclic amines) is 1. The van der Waals surface area contributed by atoms with Crippen molar-refractivity contribution in [3.8, 4) is 5.82 Å². The highest BCUT2D eigenvalue weighted by molar-refractivity contribution is 6.07. The van der Waals surface area contributed by atoms with E-state index in [4.69, 9.17) is 5.10 Å². The monoisotopic (exact) mass is 498 g/mol. The summed E-state index contributed by atoms with van der Waals surface area (Å²) in [7, 11) is 0. The Labute approximate surface area is 216 Å². The van der Waals surface area contributed by atoms with Gasteiger partial charge in [-0.15, -0.1) is 0 Å². The van der Waals surface area contributed by atoms with Gasteiger partial charge in [0.25, 0.3) is 5.91 Å². The first-order chi connectivity index (χ1) is 18.0. The van der Waals surface area contributed by atoms with Gasteiger partial charge in [-0.05, 0) is 69.3 Å². The lowest BCUT2D eigenvalue weighted by molar-refractivity contribution is 0.102. The number of rotatable bonds is 5. The Bertz CT molecular complexity index is 1380. The first-order valence-electron chi connectivity index (χ1n) is 13.4. The van der Waals surface area contributed by atoms with Crippen LogP contribution in [-0.4, -0.2) is 59.3 Å². The number of hydrogen-bond donors (Lipinski definition) is 1. The molecule has 2 fully saturated rings. The molecule has 1 N–H and O–H groups in total. The van der Waals surface area contributed by atoms with E-state index in [2.05, 4.69) is 32.2 Å². The molecule has 0 aromatic carbocycles. The number of piperidine rings is 1. The standard InChI is InChI=1S/C28H34N8O/c1-19-5-3-6-22(15-19)34-13-9-21(10-14-34)24-16-26(36(33-24)25-8-7-20(2)17-30-25)32-28(37)23-18-31-35-12-4-11-29-27(23)35/h4,7-8,11-12,16-19,21-22H,3,5-6,9-10,13-15H2,1-2H3,(H,32,37). The van der Waals surface area contributed by atoms with Crippen LogP contribution in [0.2, 0.25) is 0 Å². The minimum absolute atomic E-state index is 0.269. The summed E-state index contributed by atoms with van der Waals surface area (Å²) in [5, 5.41) is 12.3. The number of anilines is 1. The number of pyridine rings is 1. The molecule has 1 aliphatic carbocycles. The molecule has 2 atom stereocenters. The van der Waals surface area contributed by atoms with E-state index in [9.17, 15) is 4.79 Å². The third-order valence-electron chi connectivity index (χ3n) is 7.98. The molecule has 0 bridgehead atoms. The van der Waals surface area contributed by atoms with Crippen molar-refractivity contribution < 1.29 is 4.79 Å². The Hall–Kier alpha value is -3.59. The van der Waals surface area contributed by atoms with Gasteiger partial charge in [0.15, 0.2) is 11.5 Å². The number of hydrogen-bond acceptors (Lipinski definition) is 6. The molecule has 192 valence electrons. The van der Waals surface area contributed by atoms with Gasteiger partial charge in [0.2, 0.25) is 0 Å². The van der Waals surface area contributed by atoms with Gasteiger partial charge in [0, 0.05) is 36.6 Å². The summed E-state index contributed by atoms with van der Waals surface area (Å²) in [5.74, 6) is 2.21. The maximum absolute atomic E-state index is 13.3. The average Bonchev–Trinajstić information content (AvgIpc) is 3.54. The highest BCUT2D eigenvalue weighted by Crippen LogP contribution is 2.34. The van der Waals surface area contributed by atoms with Crippen molar-refractivity contribution in [1.82, 2.24) is 34.3 Å². The van der Waals surface area contributed by atoms with Gasteiger partial charge < -0.3 is 10.2 Å². The lowest BCUT2D eigenvalue weighted by Gasteiger charge is -2.40. The molecule has 1 aliphatic heterocycles. The lowest BCUT2D eigenvalue weighted by atomic mass is 9.84. The summed E-state index contributed by atoms with van der Waals surface area (Å²) in [4.78, 5) is 24.9. The quantitative estimate of drug-likeness (QED) is 0.431. The predicted octanol–water partition coefficient (Wildman–Crippen LogP) is 4.63. The second kappa shape index (κ2) is 10.0. The van der Waals surface area contributed by atoms with Crippen LogP contribution in [0.25, 0.3) is 11.5 Å². The molecule has 1 amide bonds. The van der Waals surface area contributed by atoms with Crippen LogP contribution in [0.4, 0.5) is 5.82 Å². The SMILES string of the molecule is Cc1ccc(-n2nc(C3CCN(C4CCCC(C)C4)CC3)cc2NC(=O)c2cnn3cccnc23)nc1. The molecule has 9 heteroatoms. The van der Waals surface area contributed by atoms with Gasteiger partial charge in [0.1, 0.15) is 11.4 Å². The maximum atomic E-state index is 13.3. The van der Waals surface area contributed by atoms with Crippen molar-refractivity contribution in [3.05, 3.63) is 65.9 Å². The molecule has 4 aromatic rings. The van der Waals surface area contributed by atoms with E-state index in [0.29, 0.717) is 28.8 Å². The Morgan fingerprint density at radius 3 is 2.73 bits per heavy atom. The van der Waals surface area contributed by atoms with Crippen molar-refractivity contribution in [2.75, 3.05) is 18.4 Å². The number of aryl methyl sites for hydroxylation is 1. The Balaban J connectivity index is 1.24. The second-order valence-corrected chi connectivity index (χ2v) is 10.7. The lowest BCUT2D eigenvalue weighted by Crippen LogP contribution is -2.43.